The van der Waals surface area contributed by atoms with Crippen molar-refractivity contribution in [2.75, 3.05) is 19.8 Å². The number of hydrogen-bond donors (Lipinski definition) is 1. The van der Waals surface area contributed by atoms with Crippen molar-refractivity contribution < 1.29 is 9.47 Å². The Balaban J connectivity index is 1.75. The molecule has 2 N–H and O–H groups in total. The van der Waals surface area contributed by atoms with Crippen LogP contribution in [0.1, 0.15) is 43.6 Å². The molecule has 2 unspecified atom stereocenters. The lowest BCUT2D eigenvalue weighted by Crippen LogP contribution is -2.23. The fourth-order valence-corrected chi connectivity index (χ4v) is 2.88. The zero-order chi connectivity index (χ0) is 15.1. The predicted octanol–water partition coefficient (Wildman–Crippen LogP) is 4.36. The highest BCUT2D eigenvalue weighted by Crippen LogP contribution is 2.28. The Bertz CT molecular complexity index is 436. The molecule has 5 heteroatoms. The minimum Gasteiger partial charge on any atom is -0.353 e. The molecule has 1 saturated heterocycles. The lowest BCUT2D eigenvalue weighted by atomic mass is 9.94. The van der Waals surface area contributed by atoms with Gasteiger partial charge in [-0.05, 0) is 62.3 Å². The molecule has 1 aromatic rings. The van der Waals surface area contributed by atoms with Crippen LogP contribution in [0.3, 0.4) is 0 Å². The molecule has 0 amide bonds. The van der Waals surface area contributed by atoms with Crippen LogP contribution in [0.25, 0.3) is 0 Å². The van der Waals surface area contributed by atoms with Gasteiger partial charge in [-0.1, -0.05) is 29.3 Å². The van der Waals surface area contributed by atoms with Crippen LogP contribution in [-0.2, 0) is 9.47 Å². The molecule has 1 fully saturated rings. The SMILES string of the molecule is NCC(CCCOC1CCCCO1)c1ccc(Cl)c(Cl)c1. The Morgan fingerprint density at radius 3 is 2.81 bits per heavy atom. The first-order valence-corrected chi connectivity index (χ1v) is 8.34. The number of benzene rings is 1. The van der Waals surface area contributed by atoms with Crippen LogP contribution >= 0.6 is 23.2 Å². The summed E-state index contributed by atoms with van der Waals surface area (Å²) in [5.41, 5.74) is 7.02. The second-order valence-corrected chi connectivity index (χ2v) is 6.23. The minimum absolute atomic E-state index is 0.0138. The lowest BCUT2D eigenvalue weighted by Gasteiger charge is -2.23. The second-order valence-electron chi connectivity index (χ2n) is 5.42. The molecule has 2 rings (SSSR count). The van der Waals surface area contributed by atoms with E-state index in [-0.39, 0.29) is 12.2 Å². The largest absolute Gasteiger partial charge is 0.353 e. The highest BCUT2D eigenvalue weighted by Gasteiger charge is 2.15. The normalized spacial score (nSPS) is 20.4. The molecular formula is C16H23Cl2NO2. The average Bonchev–Trinajstić information content (AvgIpc) is 2.51. The van der Waals surface area contributed by atoms with Crippen LogP contribution in [0.15, 0.2) is 18.2 Å². The van der Waals surface area contributed by atoms with Crippen LogP contribution in [0.4, 0.5) is 0 Å². The van der Waals surface area contributed by atoms with Gasteiger partial charge in [0.15, 0.2) is 6.29 Å². The van der Waals surface area contributed by atoms with E-state index in [2.05, 4.69) is 0 Å². The molecule has 118 valence electrons. The summed E-state index contributed by atoms with van der Waals surface area (Å²) in [6, 6.07) is 5.73. The maximum atomic E-state index is 6.06. The predicted molar refractivity (Wildman–Crippen MR) is 87.0 cm³/mol. The summed E-state index contributed by atoms with van der Waals surface area (Å²) >= 11 is 12.0. The number of halogens is 2. The van der Waals surface area contributed by atoms with Crippen molar-refractivity contribution in [1.82, 2.24) is 0 Å². The Labute approximate surface area is 136 Å². The van der Waals surface area contributed by atoms with Crippen molar-refractivity contribution >= 4 is 23.2 Å². The van der Waals surface area contributed by atoms with Crippen LogP contribution < -0.4 is 5.73 Å². The summed E-state index contributed by atoms with van der Waals surface area (Å²) in [5.74, 6) is 0.288. The van der Waals surface area contributed by atoms with Gasteiger partial charge in [0.1, 0.15) is 0 Å². The van der Waals surface area contributed by atoms with E-state index in [1.165, 1.54) is 6.42 Å². The fourth-order valence-electron chi connectivity index (χ4n) is 2.57. The number of nitrogens with two attached hydrogens (primary N) is 1. The quantitative estimate of drug-likeness (QED) is 0.755. The van der Waals surface area contributed by atoms with E-state index >= 15 is 0 Å². The third-order valence-corrected chi connectivity index (χ3v) is 4.58. The fraction of sp³-hybridized carbons (Fsp3) is 0.625. The molecule has 1 aromatic carbocycles. The maximum Gasteiger partial charge on any atom is 0.157 e. The highest BCUT2D eigenvalue weighted by atomic mass is 35.5. The second kappa shape index (κ2) is 8.96. The van der Waals surface area contributed by atoms with Crippen molar-refractivity contribution in [3.8, 4) is 0 Å². The summed E-state index contributed by atoms with van der Waals surface area (Å²) in [6.45, 7) is 2.12. The summed E-state index contributed by atoms with van der Waals surface area (Å²) in [6.07, 6.45) is 5.27. The van der Waals surface area contributed by atoms with Crippen molar-refractivity contribution in [1.29, 1.82) is 0 Å². The van der Waals surface area contributed by atoms with E-state index < -0.39 is 0 Å². The molecule has 3 nitrogen and oxygen atoms in total. The topological polar surface area (TPSA) is 44.5 Å². The smallest absolute Gasteiger partial charge is 0.157 e. The van der Waals surface area contributed by atoms with Crippen molar-refractivity contribution in [3.05, 3.63) is 33.8 Å². The molecular weight excluding hydrogens is 309 g/mol. The molecule has 1 heterocycles. The Kier molecular flexibility index (Phi) is 7.27. The monoisotopic (exact) mass is 331 g/mol. The third-order valence-electron chi connectivity index (χ3n) is 3.84. The molecule has 1 aliphatic heterocycles. The van der Waals surface area contributed by atoms with Crippen LogP contribution in [0, 0.1) is 0 Å². The first-order valence-electron chi connectivity index (χ1n) is 7.59. The zero-order valence-electron chi connectivity index (χ0n) is 12.2. The molecule has 0 radical (unpaired) electrons. The van der Waals surface area contributed by atoms with E-state index in [1.54, 1.807) is 0 Å². The van der Waals surface area contributed by atoms with Crippen LogP contribution in [0.2, 0.25) is 10.0 Å². The molecule has 0 aromatic heterocycles. The summed E-state index contributed by atoms with van der Waals surface area (Å²) in [5, 5.41) is 1.16. The van der Waals surface area contributed by atoms with Gasteiger partial charge in [0.25, 0.3) is 0 Å². The Morgan fingerprint density at radius 1 is 1.29 bits per heavy atom. The van der Waals surface area contributed by atoms with E-state index in [0.29, 0.717) is 23.2 Å². The molecule has 1 aliphatic rings. The molecule has 0 spiro atoms. The maximum absolute atomic E-state index is 6.06. The van der Waals surface area contributed by atoms with Gasteiger partial charge in [-0.25, -0.2) is 0 Å². The van der Waals surface area contributed by atoms with Crippen molar-refractivity contribution in [2.24, 2.45) is 5.73 Å². The van der Waals surface area contributed by atoms with Gasteiger partial charge >= 0.3 is 0 Å². The van der Waals surface area contributed by atoms with Crippen LogP contribution in [0.5, 0.6) is 0 Å². The standard InChI is InChI=1S/C16H23Cl2NO2/c17-14-7-6-12(10-15(14)18)13(11-19)4-3-9-21-16-5-1-2-8-20-16/h6-7,10,13,16H,1-5,8-9,11,19H2. The Morgan fingerprint density at radius 2 is 2.14 bits per heavy atom. The van der Waals surface area contributed by atoms with Gasteiger partial charge in [0.05, 0.1) is 10.0 Å². The van der Waals surface area contributed by atoms with E-state index in [1.807, 2.05) is 18.2 Å². The molecule has 2 atom stereocenters. The molecule has 21 heavy (non-hydrogen) atoms. The van der Waals surface area contributed by atoms with E-state index in [0.717, 1.165) is 37.9 Å². The van der Waals surface area contributed by atoms with Gasteiger partial charge in [-0.15, -0.1) is 0 Å². The van der Waals surface area contributed by atoms with Gasteiger partial charge < -0.3 is 15.2 Å². The van der Waals surface area contributed by atoms with Gasteiger partial charge in [-0.3, -0.25) is 0 Å². The zero-order valence-corrected chi connectivity index (χ0v) is 13.7. The summed E-state index contributed by atoms with van der Waals surface area (Å²) in [4.78, 5) is 0. The first kappa shape index (κ1) is 17.0. The van der Waals surface area contributed by atoms with E-state index in [4.69, 9.17) is 38.4 Å². The van der Waals surface area contributed by atoms with Crippen molar-refractivity contribution in [2.45, 2.75) is 44.3 Å². The van der Waals surface area contributed by atoms with Crippen LogP contribution in [-0.4, -0.2) is 26.0 Å². The summed E-state index contributed by atoms with van der Waals surface area (Å²) < 4.78 is 11.3. The summed E-state index contributed by atoms with van der Waals surface area (Å²) in [7, 11) is 0. The van der Waals surface area contributed by atoms with Gasteiger partial charge in [0, 0.05) is 13.2 Å². The molecule has 0 aliphatic carbocycles. The number of hydrogen-bond acceptors (Lipinski definition) is 3. The Hall–Kier alpha value is -0.320. The highest BCUT2D eigenvalue weighted by molar-refractivity contribution is 6.42. The third kappa shape index (κ3) is 5.42. The van der Waals surface area contributed by atoms with Gasteiger partial charge in [-0.2, -0.15) is 0 Å². The first-order chi connectivity index (χ1) is 10.2. The number of ether oxygens (including phenoxy) is 2. The van der Waals surface area contributed by atoms with Crippen molar-refractivity contribution in [3.63, 3.8) is 0 Å². The molecule has 0 bridgehead atoms. The van der Waals surface area contributed by atoms with Gasteiger partial charge in [0.2, 0.25) is 0 Å². The molecule has 0 saturated carbocycles. The minimum atomic E-state index is -0.0138. The number of rotatable bonds is 7. The van der Waals surface area contributed by atoms with E-state index in [9.17, 15) is 0 Å². The average molecular weight is 332 g/mol. The lowest BCUT2D eigenvalue weighted by molar-refractivity contribution is -0.162.